The van der Waals surface area contributed by atoms with E-state index in [0.29, 0.717) is 32.1 Å². The molecule has 0 aliphatic carbocycles. The predicted molar refractivity (Wildman–Crippen MR) is 273 cm³/mol. The average molecular weight is 1400 g/mol. The predicted octanol–water partition coefficient (Wildman–Crippen LogP) is 10.6. The second-order valence-corrected chi connectivity index (χ2v) is 21.2. The van der Waals surface area contributed by atoms with Gasteiger partial charge in [-0.05, 0) is 104 Å². The molecule has 69 heavy (non-hydrogen) atoms. The van der Waals surface area contributed by atoms with Crippen molar-refractivity contribution in [3.8, 4) is 0 Å². The van der Waals surface area contributed by atoms with Gasteiger partial charge in [0.1, 0.15) is 18.4 Å². The summed E-state index contributed by atoms with van der Waals surface area (Å²) < 4.78 is 5.50. The summed E-state index contributed by atoms with van der Waals surface area (Å²) in [6.07, 6.45) is 35.2. The molecule has 2 radical (unpaired) electrons. The van der Waals surface area contributed by atoms with Crippen LogP contribution in [0.1, 0.15) is 220 Å². The Labute approximate surface area is 493 Å². The van der Waals surface area contributed by atoms with E-state index in [-0.39, 0.29) is 147 Å². The van der Waals surface area contributed by atoms with Gasteiger partial charge in [-0.3, -0.25) is 33.9 Å². The van der Waals surface area contributed by atoms with Gasteiger partial charge < -0.3 is 19.7 Å². The molecule has 4 fully saturated rings. The largest absolute Gasteiger partial charge is 0.460 e. The van der Waals surface area contributed by atoms with Crippen molar-refractivity contribution < 1.29 is 127 Å². The van der Waals surface area contributed by atoms with Gasteiger partial charge in [0.2, 0.25) is 0 Å². The Morgan fingerprint density at radius 3 is 1.22 bits per heavy atom. The maximum atomic E-state index is 12.7. The van der Waals surface area contributed by atoms with Crippen LogP contribution in [-0.4, -0.2) is 132 Å². The van der Waals surface area contributed by atoms with E-state index in [1.54, 1.807) is 0 Å². The Hall–Kier alpha value is 0.573. The number of carbonyl (C=O) groups is 5. The topological polar surface area (TPSA) is 145 Å². The molecule has 3 unspecified atom stereocenters. The molecule has 0 amide bonds. The van der Waals surface area contributed by atoms with Gasteiger partial charge in [-0.25, -0.2) is 0 Å². The van der Waals surface area contributed by atoms with E-state index < -0.39 is 18.2 Å². The fourth-order valence-electron chi connectivity index (χ4n) is 10.6. The Bertz CT molecular complexity index is 1400. The third-order valence-corrected chi connectivity index (χ3v) is 15.1. The van der Waals surface area contributed by atoms with Gasteiger partial charge in [0, 0.05) is 120 Å². The SMILES string of the molecule is C/C=C/C[C@@H](C)C(O)[C@H]1C(=O)CCCCCCCCCCN1C.C[C@@H]1CC(=O)OC1[C@H]1C(=O)CCCCCCCCCCN1C.C[C@H](CC=O)C(O)[C@H]1C(=O)CCCCCCCCCCN1C.[Ac].[Ac]. The molecule has 4 aliphatic rings. The smallest absolute Gasteiger partial charge is 0.306 e. The minimum atomic E-state index is -0.757. The third-order valence-electron chi connectivity index (χ3n) is 15.1. The number of aliphatic hydroxyl groups is 2. The molecule has 2 N–H and O–H groups in total. The molecule has 4 rings (SSSR count). The van der Waals surface area contributed by atoms with Crippen molar-refractivity contribution in [1.29, 1.82) is 0 Å². The van der Waals surface area contributed by atoms with E-state index in [1.807, 2.05) is 59.8 Å². The number of carbonyl (C=O) groups excluding carboxylic acids is 5. The Morgan fingerprint density at radius 1 is 0.536 bits per heavy atom. The standard InChI is InChI=1S/C20H37NO2.C18H31NO3.C18H33NO3.2Ac/c1-4-5-14-17(2)20(23)19-18(22)15-12-10-8-6-7-9-11-13-16-21(19)3;1-14-13-16(21)22-18(14)17-15(20)11-9-7-5-3-4-6-8-10-12-19(17)2;1-15(12-14-20)18(22)17-16(21)11-9-7-5-3-4-6-8-10-13-19(17)2;;/h4-5,17,19-20,23H,6-16H2,1-3H3;14,17-18H,3-13H2,1-2H3;14-15,17-18,22H,3-13H2,1-2H3;;/b5-4+;;;;/t17-,19-,20?;14-,17-,18?;15-,17-,18?;;/m111../s1. The number of ketones is 3. The number of cyclic esters (lactones) is 1. The van der Waals surface area contributed by atoms with E-state index in [1.165, 1.54) is 96.3 Å². The summed E-state index contributed by atoms with van der Waals surface area (Å²) in [5, 5.41) is 21.3. The maximum absolute atomic E-state index is 12.7. The normalized spacial score (nSPS) is 27.9. The van der Waals surface area contributed by atoms with Crippen LogP contribution in [0.2, 0.25) is 0 Å². The van der Waals surface area contributed by atoms with Gasteiger partial charge in [0.25, 0.3) is 0 Å². The molecular weight excluding hydrogens is 1300 g/mol. The van der Waals surface area contributed by atoms with Crippen molar-refractivity contribution in [2.24, 2.45) is 17.8 Å². The van der Waals surface area contributed by atoms with Crippen molar-refractivity contribution in [1.82, 2.24) is 14.7 Å². The van der Waals surface area contributed by atoms with Gasteiger partial charge in [0.15, 0.2) is 17.3 Å². The van der Waals surface area contributed by atoms with Gasteiger partial charge in [-0.15, -0.1) is 0 Å². The number of nitrogens with zero attached hydrogens (tertiary/aromatic N) is 3. The molecule has 394 valence electrons. The van der Waals surface area contributed by atoms with E-state index in [4.69, 9.17) is 4.74 Å². The minimum absolute atomic E-state index is 0. The fraction of sp³-hybridized carbons (Fsp3) is 0.875. The number of rotatable bonds is 9. The molecule has 13 heteroatoms. The third kappa shape index (κ3) is 28.9. The first kappa shape index (κ1) is 69.6. The van der Waals surface area contributed by atoms with Crippen molar-refractivity contribution in [2.45, 2.75) is 257 Å². The summed E-state index contributed by atoms with van der Waals surface area (Å²) in [6, 6.07) is -1.05. The zero-order valence-corrected chi connectivity index (χ0v) is 54.6. The van der Waals surface area contributed by atoms with Crippen LogP contribution in [0.4, 0.5) is 0 Å². The zero-order valence-electron chi connectivity index (χ0n) is 45.1. The van der Waals surface area contributed by atoms with Crippen molar-refractivity contribution >= 4 is 29.6 Å². The van der Waals surface area contributed by atoms with Crippen molar-refractivity contribution in [3.05, 3.63) is 12.2 Å². The molecule has 0 bridgehead atoms. The van der Waals surface area contributed by atoms with E-state index in [9.17, 15) is 34.2 Å². The monoisotopic (exact) mass is 1400 g/mol. The number of aldehydes is 1. The second-order valence-electron chi connectivity index (χ2n) is 21.2. The number of allylic oxidation sites excluding steroid dienone is 2. The summed E-state index contributed by atoms with van der Waals surface area (Å²) in [5.41, 5.74) is 0. The number of esters is 1. The van der Waals surface area contributed by atoms with Gasteiger partial charge in [0.05, 0.1) is 30.7 Å². The summed E-state index contributed by atoms with van der Waals surface area (Å²) in [7, 11) is 5.95. The van der Waals surface area contributed by atoms with E-state index in [2.05, 4.69) is 15.9 Å². The second kappa shape index (κ2) is 42.8. The summed E-state index contributed by atoms with van der Waals surface area (Å²) in [4.78, 5) is 66.6. The first-order valence-corrected chi connectivity index (χ1v) is 27.5. The minimum Gasteiger partial charge on any atom is -0.460 e. The molecule has 0 saturated carbocycles. The van der Waals surface area contributed by atoms with E-state index in [0.717, 1.165) is 90.1 Å². The van der Waals surface area contributed by atoms with Gasteiger partial charge in [-0.2, -0.15) is 0 Å². The van der Waals surface area contributed by atoms with Crippen LogP contribution in [-0.2, 0) is 28.7 Å². The Morgan fingerprint density at radius 2 is 0.870 bits per heavy atom. The number of hydrogen-bond acceptors (Lipinski definition) is 11. The van der Waals surface area contributed by atoms with Crippen LogP contribution in [0.3, 0.4) is 0 Å². The van der Waals surface area contributed by atoms with Crippen LogP contribution >= 0.6 is 0 Å². The van der Waals surface area contributed by atoms with Crippen LogP contribution in [0.15, 0.2) is 12.2 Å². The van der Waals surface area contributed by atoms with E-state index >= 15 is 0 Å². The summed E-state index contributed by atoms with van der Waals surface area (Å²) in [5.74, 6) is 0.538. The van der Waals surface area contributed by atoms with Crippen LogP contribution in [0.25, 0.3) is 0 Å². The quantitative estimate of drug-likeness (QED) is 0.129. The molecular formula is C56H101Ac2N3O8. The number of likely N-dealkylation sites (N-methyl/N-ethyl adjacent to an activating group) is 3. The first-order chi connectivity index (χ1) is 32.2. The summed E-state index contributed by atoms with van der Waals surface area (Å²) >= 11 is 0. The fourth-order valence-corrected chi connectivity index (χ4v) is 10.6. The number of hydrogen-bond donors (Lipinski definition) is 2. The molecule has 4 aliphatic heterocycles. The van der Waals surface area contributed by atoms with Crippen LogP contribution in [0.5, 0.6) is 0 Å². The zero-order chi connectivity index (χ0) is 49.4. The molecule has 4 heterocycles. The molecule has 0 aromatic heterocycles. The van der Waals surface area contributed by atoms with Crippen molar-refractivity contribution in [3.63, 3.8) is 0 Å². The average Bonchev–Trinajstić information content (AvgIpc) is 3.64. The van der Waals surface area contributed by atoms with Crippen LogP contribution in [0, 0.1) is 106 Å². The summed E-state index contributed by atoms with van der Waals surface area (Å²) in [6.45, 7) is 10.6. The number of ether oxygens (including phenoxy) is 1. The molecule has 11 nitrogen and oxygen atoms in total. The molecule has 0 spiro atoms. The first-order valence-electron chi connectivity index (χ1n) is 27.5. The molecule has 0 aromatic carbocycles. The Balaban J connectivity index is 0.000000991. The number of Topliss-reactive ketones (excluding diaryl/α,β-unsaturated/α-hetero) is 3. The number of aliphatic hydroxyl groups excluding tert-OH is 2. The Kier molecular flexibility index (Phi) is 43.1. The van der Waals surface area contributed by atoms with Gasteiger partial charge >= 0.3 is 5.97 Å². The molecule has 9 atom stereocenters. The molecule has 0 aromatic rings. The maximum Gasteiger partial charge on any atom is 0.306 e. The van der Waals surface area contributed by atoms with Gasteiger partial charge in [-0.1, -0.05) is 148 Å². The molecule has 4 saturated heterocycles. The van der Waals surface area contributed by atoms with Crippen molar-refractivity contribution in [2.75, 3.05) is 40.8 Å². The van der Waals surface area contributed by atoms with Crippen LogP contribution < -0.4 is 0 Å².